The minimum atomic E-state index is 0.415. The van der Waals surface area contributed by atoms with Crippen LogP contribution in [-0.4, -0.2) is 58.3 Å². The van der Waals surface area contributed by atoms with Gasteiger partial charge in [0.2, 0.25) is 0 Å². The van der Waals surface area contributed by atoms with Crippen LogP contribution in [0.2, 0.25) is 0 Å². The lowest BCUT2D eigenvalue weighted by Gasteiger charge is -2.27. The van der Waals surface area contributed by atoms with Crippen molar-refractivity contribution in [1.82, 2.24) is 15.5 Å². The standard InChI is InChI=1S/C23H34N4O2S/c1-24-23(25-12-6-8-18-10-11-20(28-2)21(16-18)29-3)26-17-19(22-9-7-15-30-22)27-13-4-5-14-27/h7,9-11,15-16,19H,4-6,8,12-14,17H2,1-3H3,(H2,24,25,26). The van der Waals surface area contributed by atoms with Crippen LogP contribution in [0.3, 0.4) is 0 Å². The molecule has 0 amide bonds. The highest BCUT2D eigenvalue weighted by Crippen LogP contribution is 2.28. The molecule has 1 saturated heterocycles. The summed E-state index contributed by atoms with van der Waals surface area (Å²) < 4.78 is 10.7. The molecule has 1 aromatic heterocycles. The van der Waals surface area contributed by atoms with E-state index in [-0.39, 0.29) is 0 Å². The second-order valence-corrected chi connectivity index (χ2v) is 8.43. The fourth-order valence-electron chi connectivity index (χ4n) is 3.89. The first kappa shape index (κ1) is 22.4. The largest absolute Gasteiger partial charge is 0.493 e. The number of hydrogen-bond donors (Lipinski definition) is 2. The second-order valence-electron chi connectivity index (χ2n) is 7.45. The quantitative estimate of drug-likeness (QED) is 0.342. The summed E-state index contributed by atoms with van der Waals surface area (Å²) in [6.07, 6.45) is 4.57. The van der Waals surface area contributed by atoms with E-state index in [1.54, 1.807) is 14.2 Å². The summed E-state index contributed by atoms with van der Waals surface area (Å²) in [7, 11) is 5.16. The van der Waals surface area contributed by atoms with Gasteiger partial charge in [-0.3, -0.25) is 9.89 Å². The molecule has 0 spiro atoms. The van der Waals surface area contributed by atoms with Crippen molar-refractivity contribution < 1.29 is 9.47 Å². The van der Waals surface area contributed by atoms with Gasteiger partial charge in [-0.1, -0.05) is 12.1 Å². The molecule has 1 aliphatic heterocycles. The number of ether oxygens (including phenoxy) is 2. The predicted octanol–water partition coefficient (Wildman–Crippen LogP) is 3.70. The van der Waals surface area contributed by atoms with Gasteiger partial charge >= 0.3 is 0 Å². The Balaban J connectivity index is 1.45. The molecule has 0 aliphatic carbocycles. The molecule has 1 fully saturated rings. The molecule has 3 rings (SSSR count). The highest BCUT2D eigenvalue weighted by atomic mass is 32.1. The number of hydrogen-bond acceptors (Lipinski definition) is 5. The lowest BCUT2D eigenvalue weighted by atomic mass is 10.1. The molecule has 2 aromatic rings. The first-order valence-electron chi connectivity index (χ1n) is 10.7. The molecule has 2 N–H and O–H groups in total. The Morgan fingerprint density at radius 1 is 1.13 bits per heavy atom. The third kappa shape index (κ3) is 6.12. The molecule has 7 heteroatoms. The van der Waals surface area contributed by atoms with E-state index in [4.69, 9.17) is 9.47 Å². The van der Waals surface area contributed by atoms with Gasteiger partial charge in [0.05, 0.1) is 20.3 Å². The molecular weight excluding hydrogens is 396 g/mol. The van der Waals surface area contributed by atoms with Crippen LogP contribution in [0.15, 0.2) is 40.7 Å². The monoisotopic (exact) mass is 430 g/mol. The summed E-state index contributed by atoms with van der Waals surface area (Å²) >= 11 is 1.84. The van der Waals surface area contributed by atoms with Gasteiger partial charge in [-0.05, 0) is 67.9 Å². The summed E-state index contributed by atoms with van der Waals surface area (Å²) in [5.41, 5.74) is 1.24. The molecule has 1 atom stereocenters. The molecular formula is C23H34N4O2S. The number of methoxy groups -OCH3 is 2. The highest BCUT2D eigenvalue weighted by molar-refractivity contribution is 7.10. The van der Waals surface area contributed by atoms with Crippen LogP contribution < -0.4 is 20.1 Å². The van der Waals surface area contributed by atoms with Crippen LogP contribution >= 0.6 is 11.3 Å². The van der Waals surface area contributed by atoms with Gasteiger partial charge in [-0.25, -0.2) is 0 Å². The Bertz CT molecular complexity index is 789. The number of nitrogens with zero attached hydrogens (tertiary/aromatic N) is 2. The van der Waals surface area contributed by atoms with E-state index in [2.05, 4.69) is 44.1 Å². The molecule has 0 radical (unpaired) electrons. The first-order valence-corrected chi connectivity index (χ1v) is 11.6. The van der Waals surface area contributed by atoms with Crippen molar-refractivity contribution in [3.05, 3.63) is 46.2 Å². The fraction of sp³-hybridized carbons (Fsp3) is 0.522. The van der Waals surface area contributed by atoms with Crippen LogP contribution in [0.1, 0.15) is 35.7 Å². The van der Waals surface area contributed by atoms with E-state index in [0.29, 0.717) is 6.04 Å². The highest BCUT2D eigenvalue weighted by Gasteiger charge is 2.24. The minimum absolute atomic E-state index is 0.415. The van der Waals surface area contributed by atoms with Crippen molar-refractivity contribution in [1.29, 1.82) is 0 Å². The first-order chi connectivity index (χ1) is 14.7. The molecule has 1 aromatic carbocycles. The molecule has 30 heavy (non-hydrogen) atoms. The van der Waals surface area contributed by atoms with Crippen molar-refractivity contribution in [2.75, 3.05) is 47.4 Å². The van der Waals surface area contributed by atoms with Gasteiger partial charge in [0.1, 0.15) is 0 Å². The third-order valence-corrected chi connectivity index (χ3v) is 6.50. The van der Waals surface area contributed by atoms with Gasteiger partial charge in [-0.2, -0.15) is 0 Å². The number of likely N-dealkylation sites (tertiary alicyclic amines) is 1. The summed E-state index contributed by atoms with van der Waals surface area (Å²) in [6.45, 7) is 4.10. The van der Waals surface area contributed by atoms with E-state index in [0.717, 1.165) is 43.4 Å². The zero-order valence-corrected chi connectivity index (χ0v) is 19.1. The van der Waals surface area contributed by atoms with Crippen molar-refractivity contribution in [2.45, 2.75) is 31.7 Å². The molecule has 1 unspecified atom stereocenters. The van der Waals surface area contributed by atoms with Crippen LogP contribution in [0.25, 0.3) is 0 Å². The van der Waals surface area contributed by atoms with Gasteiger partial charge in [0.15, 0.2) is 17.5 Å². The molecule has 0 saturated carbocycles. The molecule has 164 valence electrons. The van der Waals surface area contributed by atoms with Crippen LogP contribution in [-0.2, 0) is 6.42 Å². The number of aliphatic imine (C=N–C) groups is 1. The number of thiophene rings is 1. The number of benzene rings is 1. The van der Waals surface area contributed by atoms with E-state index < -0.39 is 0 Å². The Morgan fingerprint density at radius 2 is 1.93 bits per heavy atom. The summed E-state index contributed by atoms with van der Waals surface area (Å²) in [5.74, 6) is 2.41. The van der Waals surface area contributed by atoms with E-state index in [1.165, 1.54) is 36.4 Å². The SMILES string of the molecule is CN=C(NCCCc1ccc(OC)c(OC)c1)NCC(c1cccs1)N1CCCC1. The maximum absolute atomic E-state index is 5.39. The Labute approximate surface area is 184 Å². The molecule has 2 heterocycles. The minimum Gasteiger partial charge on any atom is -0.493 e. The normalized spacial score (nSPS) is 15.8. The summed E-state index contributed by atoms with van der Waals surface area (Å²) in [6, 6.07) is 10.9. The zero-order chi connectivity index (χ0) is 21.2. The van der Waals surface area contributed by atoms with Crippen LogP contribution in [0.5, 0.6) is 11.5 Å². The number of rotatable bonds is 10. The zero-order valence-electron chi connectivity index (χ0n) is 18.3. The Kier molecular flexibility index (Phi) is 8.83. The maximum atomic E-state index is 5.39. The summed E-state index contributed by atoms with van der Waals surface area (Å²) in [5, 5.41) is 9.15. The maximum Gasteiger partial charge on any atom is 0.191 e. The smallest absolute Gasteiger partial charge is 0.191 e. The van der Waals surface area contributed by atoms with Crippen LogP contribution in [0.4, 0.5) is 0 Å². The number of guanidine groups is 1. The van der Waals surface area contributed by atoms with Crippen LogP contribution in [0, 0.1) is 0 Å². The van der Waals surface area contributed by atoms with E-state index >= 15 is 0 Å². The predicted molar refractivity (Wildman–Crippen MR) is 125 cm³/mol. The summed E-state index contributed by atoms with van der Waals surface area (Å²) in [4.78, 5) is 8.42. The number of aryl methyl sites for hydroxylation is 1. The van der Waals surface area contributed by atoms with E-state index in [9.17, 15) is 0 Å². The van der Waals surface area contributed by atoms with Crippen molar-refractivity contribution in [2.24, 2.45) is 4.99 Å². The van der Waals surface area contributed by atoms with Crippen molar-refractivity contribution in [3.8, 4) is 11.5 Å². The topological polar surface area (TPSA) is 58.1 Å². The lowest BCUT2D eigenvalue weighted by molar-refractivity contribution is 0.249. The van der Waals surface area contributed by atoms with Gasteiger partial charge < -0.3 is 20.1 Å². The van der Waals surface area contributed by atoms with Gasteiger partial charge in [-0.15, -0.1) is 11.3 Å². The lowest BCUT2D eigenvalue weighted by Crippen LogP contribution is -2.42. The van der Waals surface area contributed by atoms with Crippen molar-refractivity contribution >= 4 is 17.3 Å². The van der Waals surface area contributed by atoms with Gasteiger partial charge in [0, 0.05) is 25.0 Å². The van der Waals surface area contributed by atoms with Gasteiger partial charge in [0.25, 0.3) is 0 Å². The molecule has 0 bridgehead atoms. The third-order valence-electron chi connectivity index (χ3n) is 5.52. The average molecular weight is 431 g/mol. The Hall–Kier alpha value is -2.25. The van der Waals surface area contributed by atoms with E-state index in [1.807, 2.05) is 30.5 Å². The number of nitrogens with one attached hydrogen (secondary N) is 2. The fourth-order valence-corrected chi connectivity index (χ4v) is 4.75. The average Bonchev–Trinajstić information content (AvgIpc) is 3.50. The molecule has 6 nitrogen and oxygen atoms in total. The Morgan fingerprint density at radius 3 is 2.60 bits per heavy atom. The van der Waals surface area contributed by atoms with Crippen molar-refractivity contribution in [3.63, 3.8) is 0 Å². The second kappa shape index (κ2) is 11.8. The molecule has 1 aliphatic rings.